The van der Waals surface area contributed by atoms with Crippen molar-refractivity contribution in [3.63, 3.8) is 0 Å². The summed E-state index contributed by atoms with van der Waals surface area (Å²) < 4.78 is 5.72. The molecule has 3 N–H and O–H groups in total. The first-order valence-corrected chi connectivity index (χ1v) is 7.68. The second-order valence-corrected chi connectivity index (χ2v) is 6.15. The summed E-state index contributed by atoms with van der Waals surface area (Å²) in [7, 11) is 0. The number of nitrogen functional groups attached to an aromatic ring is 1. The molecular formula is C15H16ClN3OS. The van der Waals surface area contributed by atoms with Gasteiger partial charge < -0.3 is 15.8 Å². The van der Waals surface area contributed by atoms with Gasteiger partial charge in [0.25, 0.3) is 0 Å². The van der Waals surface area contributed by atoms with Crippen molar-refractivity contribution in [3.8, 4) is 11.8 Å². The van der Waals surface area contributed by atoms with E-state index in [1.807, 2.05) is 38.1 Å². The Kier molecular flexibility index (Phi) is 4.94. The number of ether oxygens (including phenoxy) is 1. The molecule has 0 atom stereocenters. The van der Waals surface area contributed by atoms with Gasteiger partial charge in [-0.2, -0.15) is 5.26 Å². The van der Waals surface area contributed by atoms with Crippen molar-refractivity contribution < 1.29 is 4.74 Å². The highest BCUT2D eigenvalue weighted by molar-refractivity contribution is 7.17. The third-order valence-corrected chi connectivity index (χ3v) is 4.17. The summed E-state index contributed by atoms with van der Waals surface area (Å²) >= 11 is 7.42. The second kappa shape index (κ2) is 6.70. The van der Waals surface area contributed by atoms with Crippen LogP contribution >= 0.6 is 22.9 Å². The molecule has 110 valence electrons. The van der Waals surface area contributed by atoms with E-state index in [1.165, 1.54) is 11.3 Å². The van der Waals surface area contributed by atoms with Gasteiger partial charge >= 0.3 is 0 Å². The van der Waals surface area contributed by atoms with E-state index in [2.05, 4.69) is 11.4 Å². The SMILES string of the molecule is CC(C)Oc1c(NCc2ccccc2Cl)sc(C#N)c1N. The number of nitrogens with zero attached hydrogens (tertiary/aromatic N) is 1. The van der Waals surface area contributed by atoms with Crippen LogP contribution in [-0.4, -0.2) is 6.10 Å². The molecule has 21 heavy (non-hydrogen) atoms. The van der Waals surface area contributed by atoms with E-state index in [1.54, 1.807) is 0 Å². The zero-order chi connectivity index (χ0) is 15.4. The normalized spacial score (nSPS) is 10.4. The molecular weight excluding hydrogens is 306 g/mol. The number of nitrogens with one attached hydrogen (secondary N) is 1. The molecule has 0 aliphatic heterocycles. The van der Waals surface area contributed by atoms with Crippen LogP contribution in [0.5, 0.6) is 5.75 Å². The lowest BCUT2D eigenvalue weighted by molar-refractivity contribution is 0.246. The third kappa shape index (κ3) is 3.60. The van der Waals surface area contributed by atoms with E-state index in [9.17, 15) is 0 Å². The quantitative estimate of drug-likeness (QED) is 0.863. The Morgan fingerprint density at radius 2 is 2.14 bits per heavy atom. The Labute approximate surface area is 133 Å². The summed E-state index contributed by atoms with van der Waals surface area (Å²) in [6.07, 6.45) is -0.0192. The van der Waals surface area contributed by atoms with Crippen molar-refractivity contribution >= 4 is 33.6 Å². The Morgan fingerprint density at radius 1 is 1.43 bits per heavy atom. The highest BCUT2D eigenvalue weighted by Gasteiger charge is 2.18. The molecule has 2 rings (SSSR count). The summed E-state index contributed by atoms with van der Waals surface area (Å²) in [5.41, 5.74) is 7.32. The number of hydrogen-bond donors (Lipinski definition) is 2. The van der Waals surface area contributed by atoms with Gasteiger partial charge in [-0.15, -0.1) is 11.3 Å². The highest BCUT2D eigenvalue weighted by atomic mass is 35.5. The fraction of sp³-hybridized carbons (Fsp3) is 0.267. The number of nitriles is 1. The maximum atomic E-state index is 9.10. The van der Waals surface area contributed by atoms with E-state index in [0.717, 1.165) is 10.6 Å². The van der Waals surface area contributed by atoms with Crippen LogP contribution < -0.4 is 15.8 Å². The smallest absolute Gasteiger partial charge is 0.178 e. The van der Waals surface area contributed by atoms with Crippen molar-refractivity contribution in [2.45, 2.75) is 26.5 Å². The van der Waals surface area contributed by atoms with Gasteiger partial charge in [-0.3, -0.25) is 0 Å². The van der Waals surface area contributed by atoms with E-state index in [4.69, 9.17) is 27.3 Å². The van der Waals surface area contributed by atoms with Crippen LogP contribution in [0.3, 0.4) is 0 Å². The second-order valence-electron chi connectivity index (χ2n) is 4.73. The van der Waals surface area contributed by atoms with Crippen molar-refractivity contribution in [1.29, 1.82) is 5.26 Å². The monoisotopic (exact) mass is 321 g/mol. The van der Waals surface area contributed by atoms with Crippen molar-refractivity contribution in [2.75, 3.05) is 11.1 Å². The Hall–Kier alpha value is -1.90. The van der Waals surface area contributed by atoms with Gasteiger partial charge in [0.15, 0.2) is 5.75 Å². The van der Waals surface area contributed by atoms with E-state index in [0.29, 0.717) is 27.9 Å². The lowest BCUT2D eigenvalue weighted by Gasteiger charge is -2.13. The number of rotatable bonds is 5. The largest absolute Gasteiger partial charge is 0.486 e. The predicted molar refractivity (Wildman–Crippen MR) is 88.0 cm³/mol. The molecule has 1 aromatic carbocycles. The number of hydrogen-bond acceptors (Lipinski definition) is 5. The first kappa shape index (κ1) is 15.5. The fourth-order valence-electron chi connectivity index (χ4n) is 1.80. The number of halogens is 1. The summed E-state index contributed by atoms with van der Waals surface area (Å²) in [4.78, 5) is 0.451. The van der Waals surface area contributed by atoms with Crippen LogP contribution in [0, 0.1) is 11.3 Å². The number of anilines is 2. The van der Waals surface area contributed by atoms with Crippen molar-refractivity contribution in [2.24, 2.45) is 0 Å². The van der Waals surface area contributed by atoms with Gasteiger partial charge in [-0.1, -0.05) is 29.8 Å². The van der Waals surface area contributed by atoms with Gasteiger partial charge in [0.1, 0.15) is 21.6 Å². The molecule has 0 unspecified atom stereocenters. The summed E-state index contributed by atoms with van der Waals surface area (Å²) in [6.45, 7) is 4.38. The first-order chi connectivity index (χ1) is 10.0. The minimum atomic E-state index is -0.0192. The van der Waals surface area contributed by atoms with Crippen molar-refractivity contribution in [1.82, 2.24) is 0 Å². The van der Waals surface area contributed by atoms with Gasteiger partial charge in [0.2, 0.25) is 0 Å². The highest BCUT2D eigenvalue weighted by Crippen LogP contribution is 2.43. The minimum absolute atomic E-state index is 0.0192. The molecule has 1 heterocycles. The zero-order valence-corrected chi connectivity index (χ0v) is 13.4. The molecule has 0 radical (unpaired) electrons. The fourth-order valence-corrected chi connectivity index (χ4v) is 2.85. The molecule has 0 aliphatic rings. The van der Waals surface area contributed by atoms with Gasteiger partial charge in [0, 0.05) is 11.6 Å². The first-order valence-electron chi connectivity index (χ1n) is 6.49. The molecule has 6 heteroatoms. The molecule has 0 saturated heterocycles. The Morgan fingerprint density at radius 3 is 2.76 bits per heavy atom. The number of nitrogens with two attached hydrogens (primary N) is 1. The van der Waals surface area contributed by atoms with E-state index < -0.39 is 0 Å². The summed E-state index contributed by atoms with van der Waals surface area (Å²) in [6, 6.07) is 9.69. The van der Waals surface area contributed by atoms with E-state index >= 15 is 0 Å². The van der Waals surface area contributed by atoms with Crippen LogP contribution in [-0.2, 0) is 6.54 Å². The van der Waals surface area contributed by atoms with E-state index in [-0.39, 0.29) is 6.10 Å². The maximum absolute atomic E-state index is 9.10. The van der Waals surface area contributed by atoms with Crippen LogP contribution in [0.15, 0.2) is 24.3 Å². The molecule has 0 amide bonds. The molecule has 0 bridgehead atoms. The molecule has 0 saturated carbocycles. The molecule has 1 aromatic heterocycles. The van der Waals surface area contributed by atoms with Crippen LogP contribution in [0.25, 0.3) is 0 Å². The average molecular weight is 322 g/mol. The van der Waals surface area contributed by atoms with Gasteiger partial charge in [-0.05, 0) is 25.5 Å². The Bertz CT molecular complexity index is 676. The van der Waals surface area contributed by atoms with Gasteiger partial charge in [-0.25, -0.2) is 0 Å². The molecule has 2 aromatic rings. The third-order valence-electron chi connectivity index (χ3n) is 2.75. The lowest BCUT2D eigenvalue weighted by atomic mass is 10.2. The number of thiophene rings is 1. The molecule has 0 aliphatic carbocycles. The van der Waals surface area contributed by atoms with Gasteiger partial charge in [0.05, 0.1) is 6.10 Å². The topological polar surface area (TPSA) is 71.1 Å². The average Bonchev–Trinajstić information content (AvgIpc) is 2.74. The summed E-state index contributed by atoms with van der Waals surface area (Å²) in [5, 5.41) is 13.8. The van der Waals surface area contributed by atoms with Crippen LogP contribution in [0.2, 0.25) is 5.02 Å². The molecule has 0 spiro atoms. The predicted octanol–water partition coefficient (Wildman–Crippen LogP) is 4.25. The van der Waals surface area contributed by atoms with Crippen LogP contribution in [0.4, 0.5) is 10.7 Å². The number of benzene rings is 1. The zero-order valence-electron chi connectivity index (χ0n) is 11.8. The lowest BCUT2D eigenvalue weighted by Crippen LogP contribution is -2.08. The maximum Gasteiger partial charge on any atom is 0.178 e. The molecule has 4 nitrogen and oxygen atoms in total. The van der Waals surface area contributed by atoms with Crippen LogP contribution in [0.1, 0.15) is 24.3 Å². The molecule has 0 fully saturated rings. The van der Waals surface area contributed by atoms with Crippen molar-refractivity contribution in [3.05, 3.63) is 39.7 Å². The summed E-state index contributed by atoms with van der Waals surface area (Å²) in [5.74, 6) is 0.540. The standard InChI is InChI=1S/C15H16ClN3OS/c1-9(2)20-14-13(18)12(7-17)21-15(14)19-8-10-5-3-4-6-11(10)16/h3-6,9,19H,8,18H2,1-2H3. The minimum Gasteiger partial charge on any atom is -0.486 e. The Balaban J connectivity index is 2.23.